The van der Waals surface area contributed by atoms with E-state index in [-0.39, 0.29) is 24.0 Å². The van der Waals surface area contributed by atoms with Gasteiger partial charge in [0.25, 0.3) is 0 Å². The summed E-state index contributed by atoms with van der Waals surface area (Å²) in [5.41, 5.74) is 0. The van der Waals surface area contributed by atoms with Gasteiger partial charge in [-0.25, -0.2) is 0 Å². The Hall–Kier alpha value is -0.0800. The molecule has 1 atom stereocenters. The molecular formula is C15H31IN4O. The van der Waals surface area contributed by atoms with E-state index in [1.54, 1.807) is 0 Å². The van der Waals surface area contributed by atoms with Crippen LogP contribution in [0.2, 0.25) is 0 Å². The molecule has 0 aromatic rings. The first-order valence-corrected chi connectivity index (χ1v) is 8.13. The average molecular weight is 410 g/mol. The topological polar surface area (TPSA) is 40.1 Å². The molecular weight excluding hydrogens is 379 g/mol. The first-order chi connectivity index (χ1) is 9.79. The number of nitrogens with one attached hydrogen (secondary N) is 1. The molecule has 2 fully saturated rings. The molecule has 0 aromatic carbocycles. The quantitative estimate of drug-likeness (QED) is 0.425. The third-order valence-corrected chi connectivity index (χ3v) is 3.97. The third-order valence-electron chi connectivity index (χ3n) is 3.97. The molecule has 1 unspecified atom stereocenters. The van der Waals surface area contributed by atoms with Crippen LogP contribution in [0.25, 0.3) is 0 Å². The van der Waals surface area contributed by atoms with Gasteiger partial charge in [0.1, 0.15) is 0 Å². The first-order valence-electron chi connectivity index (χ1n) is 8.13. The predicted octanol–water partition coefficient (Wildman–Crippen LogP) is 1.63. The van der Waals surface area contributed by atoms with Gasteiger partial charge in [-0.1, -0.05) is 6.92 Å². The van der Waals surface area contributed by atoms with Crippen LogP contribution in [0.15, 0.2) is 4.99 Å². The lowest BCUT2D eigenvalue weighted by Gasteiger charge is -2.29. The van der Waals surface area contributed by atoms with Crippen LogP contribution in [-0.2, 0) is 4.74 Å². The number of halogens is 1. The molecule has 2 saturated heterocycles. The van der Waals surface area contributed by atoms with E-state index in [0.29, 0.717) is 5.92 Å². The monoisotopic (exact) mass is 410 g/mol. The standard InChI is InChI=1S/C15H30N4O.HI/c1-3-16-15(19-6-4-5-7-19)17-12-14(2)13-18-8-10-20-11-9-18;/h14H,3-13H2,1-2H3,(H,16,17);1H. The third kappa shape index (κ3) is 6.69. The van der Waals surface area contributed by atoms with Gasteiger partial charge in [0.05, 0.1) is 13.2 Å². The number of hydrogen-bond donors (Lipinski definition) is 1. The van der Waals surface area contributed by atoms with Crippen molar-refractivity contribution in [3.05, 3.63) is 0 Å². The van der Waals surface area contributed by atoms with Crippen molar-refractivity contribution in [2.75, 3.05) is 59.0 Å². The van der Waals surface area contributed by atoms with Gasteiger partial charge >= 0.3 is 0 Å². The highest BCUT2D eigenvalue weighted by molar-refractivity contribution is 14.0. The normalized spacial score (nSPS) is 22.0. The lowest BCUT2D eigenvalue weighted by atomic mass is 10.1. The molecule has 0 aromatic heterocycles. The van der Waals surface area contributed by atoms with E-state index in [4.69, 9.17) is 9.73 Å². The molecule has 0 bridgehead atoms. The molecule has 2 aliphatic heterocycles. The van der Waals surface area contributed by atoms with E-state index in [1.165, 1.54) is 12.8 Å². The van der Waals surface area contributed by atoms with Gasteiger partial charge in [0.2, 0.25) is 0 Å². The Bertz CT molecular complexity index is 302. The molecule has 2 rings (SSSR count). The van der Waals surface area contributed by atoms with Crippen molar-refractivity contribution in [3.63, 3.8) is 0 Å². The van der Waals surface area contributed by atoms with E-state index >= 15 is 0 Å². The molecule has 2 heterocycles. The Morgan fingerprint density at radius 2 is 1.86 bits per heavy atom. The van der Waals surface area contributed by atoms with Gasteiger partial charge in [0, 0.05) is 45.8 Å². The largest absolute Gasteiger partial charge is 0.379 e. The summed E-state index contributed by atoms with van der Waals surface area (Å²) in [5.74, 6) is 1.71. The van der Waals surface area contributed by atoms with Gasteiger partial charge in [-0.2, -0.15) is 0 Å². The minimum atomic E-state index is 0. The molecule has 0 aliphatic carbocycles. The van der Waals surface area contributed by atoms with Crippen molar-refractivity contribution in [1.82, 2.24) is 15.1 Å². The highest BCUT2D eigenvalue weighted by Crippen LogP contribution is 2.09. The van der Waals surface area contributed by atoms with Crippen LogP contribution in [0.1, 0.15) is 26.7 Å². The number of hydrogen-bond acceptors (Lipinski definition) is 3. The van der Waals surface area contributed by atoms with Crippen molar-refractivity contribution in [1.29, 1.82) is 0 Å². The number of guanidine groups is 1. The van der Waals surface area contributed by atoms with Gasteiger partial charge in [-0.3, -0.25) is 9.89 Å². The summed E-state index contributed by atoms with van der Waals surface area (Å²) >= 11 is 0. The maximum absolute atomic E-state index is 5.39. The summed E-state index contributed by atoms with van der Waals surface area (Å²) < 4.78 is 5.39. The van der Waals surface area contributed by atoms with Crippen molar-refractivity contribution in [2.24, 2.45) is 10.9 Å². The smallest absolute Gasteiger partial charge is 0.193 e. The Morgan fingerprint density at radius 3 is 2.48 bits per heavy atom. The van der Waals surface area contributed by atoms with Crippen LogP contribution in [0.3, 0.4) is 0 Å². The summed E-state index contributed by atoms with van der Waals surface area (Å²) in [4.78, 5) is 9.72. The zero-order valence-electron chi connectivity index (χ0n) is 13.5. The molecule has 2 aliphatic rings. The Labute approximate surface area is 146 Å². The summed E-state index contributed by atoms with van der Waals surface area (Å²) in [5, 5.41) is 3.43. The average Bonchev–Trinajstić information content (AvgIpc) is 2.98. The zero-order chi connectivity index (χ0) is 14.2. The first kappa shape index (κ1) is 19.0. The van der Waals surface area contributed by atoms with Crippen LogP contribution >= 0.6 is 24.0 Å². The fraction of sp³-hybridized carbons (Fsp3) is 0.933. The predicted molar refractivity (Wildman–Crippen MR) is 98.6 cm³/mol. The second-order valence-electron chi connectivity index (χ2n) is 5.91. The Kier molecular flexibility index (Phi) is 9.59. The molecule has 5 nitrogen and oxygen atoms in total. The fourth-order valence-corrected chi connectivity index (χ4v) is 2.88. The highest BCUT2D eigenvalue weighted by atomic mass is 127. The molecule has 0 spiro atoms. The van der Waals surface area contributed by atoms with Gasteiger partial charge < -0.3 is 15.0 Å². The van der Waals surface area contributed by atoms with Crippen molar-refractivity contribution < 1.29 is 4.74 Å². The second kappa shape index (κ2) is 10.6. The lowest BCUT2D eigenvalue weighted by Crippen LogP contribution is -2.41. The number of rotatable bonds is 5. The molecule has 21 heavy (non-hydrogen) atoms. The van der Waals surface area contributed by atoms with Crippen LogP contribution in [0, 0.1) is 5.92 Å². The molecule has 0 saturated carbocycles. The van der Waals surface area contributed by atoms with Crippen molar-refractivity contribution in [3.8, 4) is 0 Å². The molecule has 124 valence electrons. The van der Waals surface area contributed by atoms with Crippen LogP contribution in [0.5, 0.6) is 0 Å². The Morgan fingerprint density at radius 1 is 1.19 bits per heavy atom. The number of likely N-dealkylation sites (tertiary alicyclic amines) is 1. The van der Waals surface area contributed by atoms with E-state index in [1.807, 2.05) is 0 Å². The van der Waals surface area contributed by atoms with Crippen molar-refractivity contribution >= 4 is 29.9 Å². The van der Waals surface area contributed by atoms with Crippen LogP contribution < -0.4 is 5.32 Å². The van der Waals surface area contributed by atoms with Gasteiger partial charge in [0.15, 0.2) is 5.96 Å². The lowest BCUT2D eigenvalue weighted by molar-refractivity contribution is 0.0323. The maximum Gasteiger partial charge on any atom is 0.193 e. The summed E-state index contributed by atoms with van der Waals surface area (Å²) in [6.45, 7) is 13.7. The van der Waals surface area contributed by atoms with E-state index < -0.39 is 0 Å². The van der Waals surface area contributed by atoms with Crippen LogP contribution in [0.4, 0.5) is 0 Å². The zero-order valence-corrected chi connectivity index (χ0v) is 15.8. The highest BCUT2D eigenvalue weighted by Gasteiger charge is 2.17. The minimum absolute atomic E-state index is 0. The SMILES string of the molecule is CCNC(=NCC(C)CN1CCOCC1)N1CCCC1.I. The fourth-order valence-electron chi connectivity index (χ4n) is 2.88. The number of nitrogens with zero attached hydrogens (tertiary/aromatic N) is 3. The molecule has 0 amide bonds. The molecule has 6 heteroatoms. The van der Waals surface area contributed by atoms with Gasteiger partial charge in [-0.15, -0.1) is 24.0 Å². The summed E-state index contributed by atoms with van der Waals surface area (Å²) in [7, 11) is 0. The Balaban J connectivity index is 0.00000220. The summed E-state index contributed by atoms with van der Waals surface area (Å²) in [6.07, 6.45) is 2.60. The minimum Gasteiger partial charge on any atom is -0.379 e. The van der Waals surface area contributed by atoms with Crippen LogP contribution in [-0.4, -0.2) is 74.8 Å². The van der Waals surface area contributed by atoms with Crippen molar-refractivity contribution in [2.45, 2.75) is 26.7 Å². The number of morpholine rings is 1. The maximum atomic E-state index is 5.39. The van der Waals surface area contributed by atoms with Gasteiger partial charge in [-0.05, 0) is 25.7 Å². The van der Waals surface area contributed by atoms with E-state index in [2.05, 4.69) is 29.0 Å². The molecule has 0 radical (unpaired) electrons. The second-order valence-corrected chi connectivity index (χ2v) is 5.91. The number of ether oxygens (including phenoxy) is 1. The van der Waals surface area contributed by atoms with E-state index in [9.17, 15) is 0 Å². The van der Waals surface area contributed by atoms with E-state index in [0.717, 1.165) is 65.0 Å². The molecule has 1 N–H and O–H groups in total. The number of aliphatic imine (C=N–C) groups is 1. The summed E-state index contributed by atoms with van der Waals surface area (Å²) in [6, 6.07) is 0.